The smallest absolute Gasteiger partial charge is 0.230 e. The van der Waals surface area contributed by atoms with Crippen molar-refractivity contribution in [3.63, 3.8) is 0 Å². The first kappa shape index (κ1) is 17.5. The minimum atomic E-state index is -0.235. The van der Waals surface area contributed by atoms with Crippen LogP contribution in [-0.4, -0.2) is 30.6 Å². The van der Waals surface area contributed by atoms with Crippen LogP contribution in [0.2, 0.25) is 0 Å². The van der Waals surface area contributed by atoms with Gasteiger partial charge in [0.1, 0.15) is 13.2 Å². The number of amides is 1. The van der Waals surface area contributed by atoms with Gasteiger partial charge in [-0.3, -0.25) is 4.79 Å². The van der Waals surface area contributed by atoms with Gasteiger partial charge in [0.05, 0.1) is 5.69 Å². The van der Waals surface area contributed by atoms with Crippen molar-refractivity contribution in [3.8, 4) is 22.8 Å². The Kier molecular flexibility index (Phi) is 5.81. The summed E-state index contributed by atoms with van der Waals surface area (Å²) < 4.78 is 11.1. The minimum absolute atomic E-state index is 0. The Hall–Kier alpha value is -1.83. The zero-order valence-corrected chi connectivity index (χ0v) is 14.2. The summed E-state index contributed by atoms with van der Waals surface area (Å²) in [4.78, 5) is 16.3. The molecule has 1 aromatic carbocycles. The second kappa shape index (κ2) is 7.63. The predicted molar refractivity (Wildman–Crippen MR) is 92.6 cm³/mol. The molecule has 1 amide bonds. The van der Waals surface area contributed by atoms with E-state index in [0.717, 1.165) is 22.8 Å². The molecule has 0 bridgehead atoms. The van der Waals surface area contributed by atoms with Gasteiger partial charge in [0.25, 0.3) is 0 Å². The summed E-state index contributed by atoms with van der Waals surface area (Å²) in [6.07, 6.45) is 0. The van der Waals surface area contributed by atoms with Crippen LogP contribution < -0.4 is 20.5 Å². The van der Waals surface area contributed by atoms with Crippen LogP contribution in [0.4, 0.5) is 5.13 Å². The summed E-state index contributed by atoms with van der Waals surface area (Å²) >= 11 is 1.38. The van der Waals surface area contributed by atoms with Gasteiger partial charge in [-0.05, 0) is 18.2 Å². The highest BCUT2D eigenvalue weighted by atomic mass is 35.5. The number of halogens is 1. The number of carbonyl (C=O) groups is 1. The molecule has 23 heavy (non-hydrogen) atoms. The largest absolute Gasteiger partial charge is 0.486 e. The lowest BCUT2D eigenvalue weighted by Gasteiger charge is -2.18. The van der Waals surface area contributed by atoms with Gasteiger partial charge in [0.2, 0.25) is 5.91 Å². The molecule has 0 saturated carbocycles. The van der Waals surface area contributed by atoms with Crippen molar-refractivity contribution in [1.82, 2.24) is 4.98 Å². The highest BCUT2D eigenvalue weighted by molar-refractivity contribution is 7.14. The second-order valence-electron chi connectivity index (χ2n) is 5.02. The molecule has 6 nitrogen and oxygen atoms in total. The Bertz CT molecular complexity index is 692. The van der Waals surface area contributed by atoms with Gasteiger partial charge >= 0.3 is 0 Å². The molecule has 1 aromatic heterocycles. The lowest BCUT2D eigenvalue weighted by Crippen LogP contribution is -2.26. The average Bonchev–Trinajstić information content (AvgIpc) is 3.02. The van der Waals surface area contributed by atoms with Crippen LogP contribution in [0.1, 0.15) is 6.92 Å². The zero-order chi connectivity index (χ0) is 15.5. The van der Waals surface area contributed by atoms with Crippen LogP contribution in [0.5, 0.6) is 11.5 Å². The van der Waals surface area contributed by atoms with E-state index in [1.54, 1.807) is 6.92 Å². The van der Waals surface area contributed by atoms with Gasteiger partial charge in [-0.25, -0.2) is 4.98 Å². The second-order valence-corrected chi connectivity index (χ2v) is 5.88. The standard InChI is InChI=1S/C15H17N3O3S.ClH/c1-9(7-16)14(19)18-15-17-11(8-22-15)10-2-3-12-13(6-10)21-5-4-20-12;/h2-3,6,8-9H,4-5,7,16H2,1H3,(H,17,18,19);1H. The summed E-state index contributed by atoms with van der Waals surface area (Å²) in [7, 11) is 0. The predicted octanol–water partition coefficient (Wildman–Crippen LogP) is 2.54. The maximum atomic E-state index is 11.8. The molecule has 0 fully saturated rings. The van der Waals surface area contributed by atoms with E-state index in [1.807, 2.05) is 23.6 Å². The van der Waals surface area contributed by atoms with E-state index in [9.17, 15) is 4.79 Å². The molecule has 8 heteroatoms. The third-order valence-corrected chi connectivity index (χ3v) is 4.13. The number of benzene rings is 1. The summed E-state index contributed by atoms with van der Waals surface area (Å²) in [5.74, 6) is 1.11. The quantitative estimate of drug-likeness (QED) is 0.880. The first-order valence-electron chi connectivity index (χ1n) is 7.04. The molecule has 2 heterocycles. The number of carbonyl (C=O) groups excluding carboxylic acids is 1. The summed E-state index contributed by atoms with van der Waals surface area (Å²) in [6.45, 7) is 3.21. The molecule has 0 spiro atoms. The topological polar surface area (TPSA) is 86.5 Å². The fraction of sp³-hybridized carbons (Fsp3) is 0.333. The van der Waals surface area contributed by atoms with E-state index in [-0.39, 0.29) is 24.2 Å². The molecule has 2 aromatic rings. The van der Waals surface area contributed by atoms with Crippen molar-refractivity contribution in [3.05, 3.63) is 23.6 Å². The number of fused-ring (bicyclic) bond motifs is 1. The summed E-state index contributed by atoms with van der Waals surface area (Å²) in [6, 6.07) is 5.70. The van der Waals surface area contributed by atoms with E-state index in [4.69, 9.17) is 15.2 Å². The molecule has 3 N–H and O–H groups in total. The van der Waals surface area contributed by atoms with E-state index in [2.05, 4.69) is 10.3 Å². The van der Waals surface area contributed by atoms with Gasteiger partial charge in [0.15, 0.2) is 16.6 Å². The molecule has 1 aliphatic rings. The molecular weight excluding hydrogens is 338 g/mol. The number of hydrogen-bond donors (Lipinski definition) is 2. The number of nitrogens with two attached hydrogens (primary N) is 1. The number of thiazole rings is 1. The molecule has 124 valence electrons. The molecule has 3 rings (SSSR count). The molecule has 1 aliphatic heterocycles. The van der Waals surface area contributed by atoms with Crippen molar-refractivity contribution in [2.24, 2.45) is 11.7 Å². The molecule has 0 radical (unpaired) electrons. The van der Waals surface area contributed by atoms with Crippen molar-refractivity contribution < 1.29 is 14.3 Å². The normalized spacial score (nSPS) is 13.8. The first-order chi connectivity index (χ1) is 10.7. The van der Waals surface area contributed by atoms with Gasteiger partial charge in [-0.1, -0.05) is 6.92 Å². The van der Waals surface area contributed by atoms with Crippen LogP contribution in [0, 0.1) is 5.92 Å². The zero-order valence-electron chi connectivity index (χ0n) is 12.6. The SMILES string of the molecule is CC(CN)C(=O)Nc1nc(-c2ccc3c(c2)OCCO3)cs1.Cl. The van der Waals surface area contributed by atoms with Crippen LogP contribution >= 0.6 is 23.7 Å². The van der Waals surface area contributed by atoms with Gasteiger partial charge < -0.3 is 20.5 Å². The van der Waals surface area contributed by atoms with Crippen molar-refractivity contribution in [2.75, 3.05) is 25.1 Å². The first-order valence-corrected chi connectivity index (χ1v) is 7.92. The Labute approximate surface area is 144 Å². The van der Waals surface area contributed by atoms with Crippen LogP contribution in [0.3, 0.4) is 0 Å². The van der Waals surface area contributed by atoms with Crippen molar-refractivity contribution in [2.45, 2.75) is 6.92 Å². The number of ether oxygens (including phenoxy) is 2. The number of anilines is 1. The summed E-state index contributed by atoms with van der Waals surface area (Å²) in [5, 5.41) is 5.24. The molecular formula is C15H18ClN3O3S. The van der Waals surface area contributed by atoms with Gasteiger partial charge in [-0.15, -0.1) is 23.7 Å². The van der Waals surface area contributed by atoms with Crippen LogP contribution in [-0.2, 0) is 4.79 Å². The number of nitrogens with zero attached hydrogens (tertiary/aromatic N) is 1. The van der Waals surface area contributed by atoms with E-state index < -0.39 is 0 Å². The maximum absolute atomic E-state index is 11.8. The van der Waals surface area contributed by atoms with Crippen molar-refractivity contribution in [1.29, 1.82) is 0 Å². The fourth-order valence-corrected chi connectivity index (χ4v) is 2.72. The lowest BCUT2D eigenvalue weighted by molar-refractivity contribution is -0.119. The van der Waals surface area contributed by atoms with Crippen molar-refractivity contribution >= 4 is 34.8 Å². The average molecular weight is 356 g/mol. The highest BCUT2D eigenvalue weighted by Crippen LogP contribution is 2.35. The lowest BCUT2D eigenvalue weighted by atomic mass is 10.1. The van der Waals surface area contributed by atoms with Crippen LogP contribution in [0.15, 0.2) is 23.6 Å². The summed E-state index contributed by atoms with van der Waals surface area (Å²) in [5.41, 5.74) is 7.20. The monoisotopic (exact) mass is 355 g/mol. The number of nitrogens with one attached hydrogen (secondary N) is 1. The Morgan fingerprint density at radius 2 is 2.13 bits per heavy atom. The number of aromatic nitrogens is 1. The van der Waals surface area contributed by atoms with Crippen LogP contribution in [0.25, 0.3) is 11.3 Å². The van der Waals surface area contributed by atoms with E-state index >= 15 is 0 Å². The molecule has 1 atom stereocenters. The Balaban J connectivity index is 0.00000192. The number of hydrogen-bond acceptors (Lipinski definition) is 6. The Morgan fingerprint density at radius 3 is 2.87 bits per heavy atom. The molecule has 0 saturated heterocycles. The van der Waals surface area contributed by atoms with E-state index in [1.165, 1.54) is 11.3 Å². The molecule has 1 unspecified atom stereocenters. The highest BCUT2D eigenvalue weighted by Gasteiger charge is 2.15. The Morgan fingerprint density at radius 1 is 1.39 bits per heavy atom. The molecule has 0 aliphatic carbocycles. The minimum Gasteiger partial charge on any atom is -0.486 e. The van der Waals surface area contributed by atoms with E-state index in [0.29, 0.717) is 24.9 Å². The van der Waals surface area contributed by atoms with Gasteiger partial charge in [-0.2, -0.15) is 0 Å². The maximum Gasteiger partial charge on any atom is 0.230 e. The third kappa shape index (κ3) is 3.93. The van der Waals surface area contributed by atoms with Gasteiger partial charge in [0, 0.05) is 23.4 Å². The third-order valence-electron chi connectivity index (χ3n) is 3.37. The number of rotatable bonds is 4. The fourth-order valence-electron chi connectivity index (χ4n) is 2.00.